The molecule has 0 amide bonds. The van der Waals surface area contributed by atoms with E-state index in [0.29, 0.717) is 4.90 Å². The number of nitrogens with one attached hydrogen (secondary N) is 1. The molecule has 0 spiro atoms. The number of sulfonamides is 1. The summed E-state index contributed by atoms with van der Waals surface area (Å²) in [5, 5.41) is 0.732. The Balaban J connectivity index is 2.79. The van der Waals surface area contributed by atoms with Crippen LogP contribution in [0.2, 0.25) is 0 Å². The molecule has 1 aromatic carbocycles. The lowest BCUT2D eigenvalue weighted by atomic mass is 10.1. The van der Waals surface area contributed by atoms with E-state index in [1.165, 1.54) is 0 Å². The fraction of sp³-hybridized carbons (Fsp3) is 0.600. The molecule has 0 bridgehead atoms. The van der Waals surface area contributed by atoms with Crippen molar-refractivity contribution in [2.24, 2.45) is 0 Å². The van der Waals surface area contributed by atoms with Gasteiger partial charge in [0, 0.05) is 11.4 Å². The second-order valence-corrected chi connectivity index (χ2v) is 7.30. The van der Waals surface area contributed by atoms with Crippen molar-refractivity contribution in [1.29, 1.82) is 0 Å². The SMILES string of the molecule is CCCCC(CCC)NS(=O)(=O)c1ccc(CBr)cc1. The molecule has 0 fully saturated rings. The van der Waals surface area contributed by atoms with E-state index in [1.54, 1.807) is 12.1 Å². The molecular formula is C15H24BrNO2S. The first-order valence-corrected chi connectivity index (χ1v) is 9.81. The first-order valence-electron chi connectivity index (χ1n) is 7.20. The Hall–Kier alpha value is -0.390. The normalized spacial score (nSPS) is 13.3. The molecule has 1 N–H and O–H groups in total. The van der Waals surface area contributed by atoms with Crippen molar-refractivity contribution < 1.29 is 8.42 Å². The summed E-state index contributed by atoms with van der Waals surface area (Å²) < 4.78 is 27.6. The van der Waals surface area contributed by atoms with Gasteiger partial charge in [-0.15, -0.1) is 0 Å². The Kier molecular flexibility index (Phi) is 7.77. The fourth-order valence-electron chi connectivity index (χ4n) is 2.11. The first kappa shape index (κ1) is 17.7. The molecule has 0 heterocycles. The van der Waals surface area contributed by atoms with Crippen molar-refractivity contribution in [3.8, 4) is 0 Å². The molecular weight excluding hydrogens is 338 g/mol. The van der Waals surface area contributed by atoms with Gasteiger partial charge in [-0.1, -0.05) is 61.2 Å². The summed E-state index contributed by atoms with van der Waals surface area (Å²) in [6, 6.07) is 7.05. The van der Waals surface area contributed by atoms with Gasteiger partial charge in [-0.25, -0.2) is 13.1 Å². The van der Waals surface area contributed by atoms with Gasteiger partial charge in [-0.2, -0.15) is 0 Å². The summed E-state index contributed by atoms with van der Waals surface area (Å²) in [6.45, 7) is 4.20. The standard InChI is InChI=1S/C15H24BrNO2S/c1-3-5-7-14(6-4-2)17-20(18,19)15-10-8-13(12-16)9-11-15/h8-11,14,17H,3-7,12H2,1-2H3. The molecule has 0 aliphatic rings. The molecule has 0 aliphatic carbocycles. The highest BCUT2D eigenvalue weighted by Gasteiger charge is 2.19. The minimum Gasteiger partial charge on any atom is -0.208 e. The Morgan fingerprint density at radius 1 is 1.10 bits per heavy atom. The average Bonchev–Trinajstić information content (AvgIpc) is 2.45. The van der Waals surface area contributed by atoms with E-state index in [-0.39, 0.29) is 6.04 Å². The van der Waals surface area contributed by atoms with Crippen LogP contribution in [-0.4, -0.2) is 14.5 Å². The molecule has 0 aromatic heterocycles. The second-order valence-electron chi connectivity index (χ2n) is 5.03. The van der Waals surface area contributed by atoms with E-state index in [4.69, 9.17) is 0 Å². The smallest absolute Gasteiger partial charge is 0.208 e. The molecule has 1 aromatic rings. The van der Waals surface area contributed by atoms with Gasteiger partial charge >= 0.3 is 0 Å². The van der Waals surface area contributed by atoms with Gasteiger partial charge in [-0.05, 0) is 30.5 Å². The Labute approximate surface area is 131 Å². The monoisotopic (exact) mass is 361 g/mol. The lowest BCUT2D eigenvalue weighted by Crippen LogP contribution is -2.34. The summed E-state index contributed by atoms with van der Waals surface area (Å²) in [7, 11) is -3.40. The topological polar surface area (TPSA) is 46.2 Å². The van der Waals surface area contributed by atoms with Gasteiger partial charge in [0.05, 0.1) is 4.90 Å². The predicted octanol–water partition coefficient (Wildman–Crippen LogP) is 4.22. The lowest BCUT2D eigenvalue weighted by molar-refractivity contribution is 0.483. The zero-order valence-corrected chi connectivity index (χ0v) is 14.6. The number of unbranched alkanes of at least 4 members (excludes halogenated alkanes) is 1. The Morgan fingerprint density at radius 3 is 2.25 bits per heavy atom. The van der Waals surface area contributed by atoms with Crippen LogP contribution >= 0.6 is 15.9 Å². The molecule has 5 heteroatoms. The molecule has 0 saturated carbocycles. The molecule has 0 aliphatic heterocycles. The van der Waals surface area contributed by atoms with Crippen LogP contribution in [0.15, 0.2) is 29.2 Å². The van der Waals surface area contributed by atoms with E-state index in [9.17, 15) is 8.42 Å². The summed E-state index contributed by atoms with van der Waals surface area (Å²) >= 11 is 3.36. The van der Waals surface area contributed by atoms with E-state index >= 15 is 0 Å². The van der Waals surface area contributed by atoms with Crippen molar-refractivity contribution >= 4 is 26.0 Å². The van der Waals surface area contributed by atoms with Gasteiger partial charge in [0.15, 0.2) is 0 Å². The highest BCUT2D eigenvalue weighted by molar-refractivity contribution is 9.08. The van der Waals surface area contributed by atoms with Crippen LogP contribution in [0.25, 0.3) is 0 Å². The lowest BCUT2D eigenvalue weighted by Gasteiger charge is -2.18. The van der Waals surface area contributed by atoms with E-state index in [1.807, 2.05) is 12.1 Å². The minimum absolute atomic E-state index is 0.0424. The van der Waals surface area contributed by atoms with Crippen LogP contribution in [0.1, 0.15) is 51.5 Å². The van der Waals surface area contributed by atoms with Crippen molar-refractivity contribution in [3.63, 3.8) is 0 Å². The van der Waals surface area contributed by atoms with Crippen molar-refractivity contribution in [2.45, 2.75) is 62.2 Å². The fourth-order valence-corrected chi connectivity index (χ4v) is 3.79. The maximum Gasteiger partial charge on any atom is 0.240 e. The van der Waals surface area contributed by atoms with E-state index in [0.717, 1.165) is 43.0 Å². The third-order valence-corrected chi connectivity index (χ3v) is 5.44. The quantitative estimate of drug-likeness (QED) is 0.669. The molecule has 1 atom stereocenters. The summed E-state index contributed by atoms with van der Waals surface area (Å²) in [6.07, 6.45) is 4.92. The van der Waals surface area contributed by atoms with Crippen LogP contribution in [-0.2, 0) is 15.4 Å². The predicted molar refractivity (Wildman–Crippen MR) is 87.6 cm³/mol. The minimum atomic E-state index is -3.40. The van der Waals surface area contributed by atoms with Crippen LogP contribution < -0.4 is 4.72 Å². The molecule has 20 heavy (non-hydrogen) atoms. The molecule has 0 radical (unpaired) electrons. The van der Waals surface area contributed by atoms with Gasteiger partial charge < -0.3 is 0 Å². The highest BCUT2D eigenvalue weighted by Crippen LogP contribution is 2.15. The van der Waals surface area contributed by atoms with Crippen LogP contribution in [0, 0.1) is 0 Å². The van der Waals surface area contributed by atoms with Gasteiger partial charge in [-0.3, -0.25) is 0 Å². The Morgan fingerprint density at radius 2 is 1.75 bits per heavy atom. The number of benzene rings is 1. The zero-order chi connectivity index (χ0) is 15.0. The van der Waals surface area contributed by atoms with Gasteiger partial charge in [0.2, 0.25) is 10.0 Å². The Bertz CT molecular complexity index is 485. The van der Waals surface area contributed by atoms with E-state index in [2.05, 4.69) is 34.5 Å². The zero-order valence-electron chi connectivity index (χ0n) is 12.2. The number of alkyl halides is 1. The molecule has 1 rings (SSSR count). The summed E-state index contributed by atoms with van der Waals surface area (Å²) in [5.74, 6) is 0. The van der Waals surface area contributed by atoms with Gasteiger partial charge in [0.1, 0.15) is 0 Å². The van der Waals surface area contributed by atoms with Crippen LogP contribution in [0.4, 0.5) is 0 Å². The molecule has 1 unspecified atom stereocenters. The van der Waals surface area contributed by atoms with E-state index < -0.39 is 10.0 Å². The maximum absolute atomic E-state index is 12.4. The molecule has 3 nitrogen and oxygen atoms in total. The third kappa shape index (κ3) is 5.54. The number of halogens is 1. The number of rotatable bonds is 9. The van der Waals surface area contributed by atoms with Crippen molar-refractivity contribution in [1.82, 2.24) is 4.72 Å². The summed E-state index contributed by atoms with van der Waals surface area (Å²) in [4.78, 5) is 0.347. The van der Waals surface area contributed by atoms with Crippen LogP contribution in [0.5, 0.6) is 0 Å². The first-order chi connectivity index (χ1) is 9.53. The maximum atomic E-state index is 12.4. The molecule has 114 valence electrons. The van der Waals surface area contributed by atoms with Crippen LogP contribution in [0.3, 0.4) is 0 Å². The second kappa shape index (κ2) is 8.80. The number of hydrogen-bond donors (Lipinski definition) is 1. The van der Waals surface area contributed by atoms with Gasteiger partial charge in [0.25, 0.3) is 0 Å². The largest absolute Gasteiger partial charge is 0.240 e. The molecule has 0 saturated heterocycles. The highest BCUT2D eigenvalue weighted by atomic mass is 79.9. The van der Waals surface area contributed by atoms with Crippen molar-refractivity contribution in [2.75, 3.05) is 0 Å². The summed E-state index contributed by atoms with van der Waals surface area (Å²) in [5.41, 5.74) is 1.07. The third-order valence-electron chi connectivity index (χ3n) is 3.25. The van der Waals surface area contributed by atoms with Crippen molar-refractivity contribution in [3.05, 3.63) is 29.8 Å². The average molecular weight is 362 g/mol. The number of hydrogen-bond acceptors (Lipinski definition) is 2.